The molecule has 0 amide bonds. The first-order valence-corrected chi connectivity index (χ1v) is 7.75. The maximum atomic E-state index is 11.1. The zero-order chi connectivity index (χ0) is 13.8. The summed E-state index contributed by atoms with van der Waals surface area (Å²) in [5.41, 5.74) is 0. The zero-order valence-electron chi connectivity index (χ0n) is 12.3. The number of nitrogens with zero attached hydrogens (tertiary/aromatic N) is 2. The van der Waals surface area contributed by atoms with Gasteiger partial charge in [-0.25, -0.2) is 0 Å². The van der Waals surface area contributed by atoms with Crippen LogP contribution in [0.3, 0.4) is 0 Å². The summed E-state index contributed by atoms with van der Waals surface area (Å²) in [6.45, 7) is 9.68. The number of likely N-dealkylation sites (tertiary alicyclic amines) is 2. The predicted molar refractivity (Wildman–Crippen MR) is 76.2 cm³/mol. The molecule has 0 spiro atoms. The van der Waals surface area contributed by atoms with Crippen molar-refractivity contribution in [1.29, 1.82) is 0 Å². The number of aliphatic carboxylic acids is 1. The van der Waals surface area contributed by atoms with E-state index in [4.69, 9.17) is 5.11 Å². The number of hydrogen-bond acceptors (Lipinski definition) is 3. The molecule has 0 aromatic carbocycles. The van der Waals surface area contributed by atoms with Crippen molar-refractivity contribution in [2.75, 3.05) is 32.7 Å². The summed E-state index contributed by atoms with van der Waals surface area (Å²) in [6.07, 6.45) is 5.05. The summed E-state index contributed by atoms with van der Waals surface area (Å²) < 4.78 is 0. The number of carboxylic acids is 1. The van der Waals surface area contributed by atoms with Gasteiger partial charge in [0.1, 0.15) is 6.04 Å². The fourth-order valence-corrected chi connectivity index (χ4v) is 3.36. The van der Waals surface area contributed by atoms with Crippen LogP contribution in [0.2, 0.25) is 0 Å². The molecule has 19 heavy (non-hydrogen) atoms. The lowest BCUT2D eigenvalue weighted by Crippen LogP contribution is -2.48. The van der Waals surface area contributed by atoms with E-state index in [0.29, 0.717) is 5.92 Å². The quantitative estimate of drug-likeness (QED) is 0.846. The van der Waals surface area contributed by atoms with Crippen molar-refractivity contribution in [2.24, 2.45) is 11.8 Å². The lowest BCUT2D eigenvalue weighted by Gasteiger charge is -2.39. The van der Waals surface area contributed by atoms with Crippen molar-refractivity contribution in [2.45, 2.75) is 45.6 Å². The molecule has 2 atom stereocenters. The first-order valence-electron chi connectivity index (χ1n) is 7.75. The fraction of sp³-hybridized carbons (Fsp3) is 0.933. The molecule has 0 unspecified atom stereocenters. The van der Waals surface area contributed by atoms with Crippen LogP contribution in [0.25, 0.3) is 0 Å². The highest BCUT2D eigenvalue weighted by atomic mass is 16.4. The van der Waals surface area contributed by atoms with Crippen LogP contribution >= 0.6 is 0 Å². The Morgan fingerprint density at radius 1 is 1.26 bits per heavy atom. The lowest BCUT2D eigenvalue weighted by molar-refractivity contribution is -0.143. The van der Waals surface area contributed by atoms with E-state index in [2.05, 4.69) is 16.7 Å². The molecule has 2 saturated heterocycles. The summed E-state index contributed by atoms with van der Waals surface area (Å²) in [5, 5.41) is 9.12. The predicted octanol–water partition coefficient (Wildman–Crippen LogP) is 1.90. The summed E-state index contributed by atoms with van der Waals surface area (Å²) in [4.78, 5) is 15.8. The Morgan fingerprint density at radius 3 is 2.58 bits per heavy atom. The molecule has 2 rings (SSSR count). The maximum absolute atomic E-state index is 11.1. The van der Waals surface area contributed by atoms with Crippen LogP contribution in [0.5, 0.6) is 0 Å². The number of piperidine rings is 2. The normalized spacial score (nSPS) is 29.3. The Kier molecular flexibility index (Phi) is 5.22. The summed E-state index contributed by atoms with van der Waals surface area (Å²) in [6, 6.07) is -0.329. The number of rotatable bonds is 4. The smallest absolute Gasteiger partial charge is 0.320 e. The number of hydrogen-bond donors (Lipinski definition) is 1. The Bertz CT molecular complexity index is 301. The Labute approximate surface area is 116 Å². The third kappa shape index (κ3) is 4.18. The topological polar surface area (TPSA) is 43.8 Å². The highest BCUT2D eigenvalue weighted by Gasteiger charge is 2.28. The maximum Gasteiger partial charge on any atom is 0.320 e. The Morgan fingerprint density at radius 2 is 1.95 bits per heavy atom. The first kappa shape index (κ1) is 14.8. The monoisotopic (exact) mass is 268 g/mol. The molecular formula is C15H28N2O2. The van der Waals surface area contributed by atoms with Crippen LogP contribution < -0.4 is 0 Å². The number of carbonyl (C=O) groups is 1. The summed E-state index contributed by atoms with van der Waals surface area (Å²) in [5.74, 6) is 0.850. The van der Waals surface area contributed by atoms with E-state index in [0.717, 1.165) is 32.0 Å². The standard InChI is InChI=1S/C15H28N2O2/c1-12-5-8-16(9-6-12)10-14-4-3-7-17(11-14)13(2)15(18)19/h12-14H,3-11H2,1-2H3,(H,18,19)/t13-,14+/m0/s1. The van der Waals surface area contributed by atoms with Gasteiger partial charge in [-0.15, -0.1) is 0 Å². The third-order valence-electron chi connectivity index (χ3n) is 4.85. The van der Waals surface area contributed by atoms with E-state index in [1.54, 1.807) is 0 Å². The molecule has 2 fully saturated rings. The minimum Gasteiger partial charge on any atom is -0.480 e. The van der Waals surface area contributed by atoms with E-state index in [1.165, 1.54) is 32.4 Å². The van der Waals surface area contributed by atoms with E-state index in [1.807, 2.05) is 6.92 Å². The van der Waals surface area contributed by atoms with Gasteiger partial charge in [0.2, 0.25) is 0 Å². The third-order valence-corrected chi connectivity index (χ3v) is 4.85. The second-order valence-electron chi connectivity index (χ2n) is 6.50. The van der Waals surface area contributed by atoms with Crippen molar-refractivity contribution < 1.29 is 9.90 Å². The van der Waals surface area contributed by atoms with E-state index in [-0.39, 0.29) is 6.04 Å². The van der Waals surface area contributed by atoms with Crippen LogP contribution in [-0.4, -0.2) is 59.6 Å². The van der Waals surface area contributed by atoms with E-state index in [9.17, 15) is 4.79 Å². The van der Waals surface area contributed by atoms with E-state index >= 15 is 0 Å². The Hall–Kier alpha value is -0.610. The molecule has 4 heteroatoms. The van der Waals surface area contributed by atoms with E-state index < -0.39 is 5.97 Å². The molecule has 0 aromatic heterocycles. The lowest BCUT2D eigenvalue weighted by atomic mass is 9.93. The van der Waals surface area contributed by atoms with Gasteiger partial charge in [-0.05, 0) is 64.1 Å². The van der Waals surface area contributed by atoms with Crippen molar-refractivity contribution in [3.8, 4) is 0 Å². The molecule has 2 heterocycles. The molecule has 2 aliphatic rings. The molecule has 0 bridgehead atoms. The summed E-state index contributed by atoms with van der Waals surface area (Å²) >= 11 is 0. The largest absolute Gasteiger partial charge is 0.480 e. The number of carboxylic acid groups (broad SMARTS) is 1. The van der Waals surface area contributed by atoms with Crippen LogP contribution in [0.15, 0.2) is 0 Å². The molecule has 2 aliphatic heterocycles. The van der Waals surface area contributed by atoms with Gasteiger partial charge < -0.3 is 10.0 Å². The molecule has 0 saturated carbocycles. The molecular weight excluding hydrogens is 240 g/mol. The van der Waals surface area contributed by atoms with Crippen molar-refractivity contribution in [3.63, 3.8) is 0 Å². The van der Waals surface area contributed by atoms with Gasteiger partial charge in [0.05, 0.1) is 0 Å². The van der Waals surface area contributed by atoms with Crippen molar-refractivity contribution in [3.05, 3.63) is 0 Å². The SMILES string of the molecule is CC1CCN(C[C@H]2CCCN([C@@H](C)C(=O)O)C2)CC1. The second kappa shape index (κ2) is 6.71. The molecule has 4 nitrogen and oxygen atoms in total. The minimum atomic E-state index is -0.688. The Balaban J connectivity index is 1.79. The van der Waals surface area contributed by atoms with Gasteiger partial charge in [-0.1, -0.05) is 6.92 Å². The molecule has 0 aliphatic carbocycles. The molecule has 0 aromatic rings. The van der Waals surface area contributed by atoms with Crippen molar-refractivity contribution in [1.82, 2.24) is 9.80 Å². The van der Waals surface area contributed by atoms with Crippen LogP contribution in [0, 0.1) is 11.8 Å². The molecule has 1 N–H and O–H groups in total. The molecule has 0 radical (unpaired) electrons. The van der Waals surface area contributed by atoms with Gasteiger partial charge in [-0.2, -0.15) is 0 Å². The van der Waals surface area contributed by atoms with Gasteiger partial charge in [0, 0.05) is 13.1 Å². The van der Waals surface area contributed by atoms with Gasteiger partial charge in [0.15, 0.2) is 0 Å². The van der Waals surface area contributed by atoms with Gasteiger partial charge in [0.25, 0.3) is 0 Å². The molecule has 110 valence electrons. The average molecular weight is 268 g/mol. The average Bonchev–Trinajstić information content (AvgIpc) is 2.41. The van der Waals surface area contributed by atoms with Gasteiger partial charge >= 0.3 is 5.97 Å². The minimum absolute atomic E-state index is 0.329. The summed E-state index contributed by atoms with van der Waals surface area (Å²) in [7, 11) is 0. The fourth-order valence-electron chi connectivity index (χ4n) is 3.36. The highest BCUT2D eigenvalue weighted by molar-refractivity contribution is 5.72. The second-order valence-corrected chi connectivity index (χ2v) is 6.50. The highest BCUT2D eigenvalue weighted by Crippen LogP contribution is 2.22. The van der Waals surface area contributed by atoms with Crippen LogP contribution in [-0.2, 0) is 4.79 Å². The first-order chi connectivity index (χ1) is 9.06. The van der Waals surface area contributed by atoms with Crippen LogP contribution in [0.4, 0.5) is 0 Å². The zero-order valence-corrected chi connectivity index (χ0v) is 12.3. The van der Waals surface area contributed by atoms with Gasteiger partial charge in [-0.3, -0.25) is 9.69 Å². The van der Waals surface area contributed by atoms with Crippen molar-refractivity contribution >= 4 is 5.97 Å². The van der Waals surface area contributed by atoms with Crippen LogP contribution in [0.1, 0.15) is 39.5 Å².